The molecule has 0 aromatic heterocycles. The Balaban J connectivity index is 2.26. The molecule has 7 nitrogen and oxygen atoms in total. The summed E-state index contributed by atoms with van der Waals surface area (Å²) in [6, 6.07) is 11.3. The number of halogens is 2. The van der Waals surface area contributed by atoms with Crippen LogP contribution < -0.4 is 15.4 Å². The van der Waals surface area contributed by atoms with Gasteiger partial charge >= 0.3 is 0 Å². The molecule has 164 valence electrons. The number of benzene rings is 2. The van der Waals surface area contributed by atoms with Crippen molar-refractivity contribution in [2.75, 3.05) is 17.7 Å². The van der Waals surface area contributed by atoms with E-state index in [2.05, 4.69) is 10.6 Å². The number of Topliss-reactive ketones (excluding diaryl/α,β-unsaturated/α-hetero) is 1. The maximum Gasteiger partial charge on any atom is 0.273 e. The first-order valence-electron chi connectivity index (χ1n) is 9.42. The summed E-state index contributed by atoms with van der Waals surface area (Å²) in [7, 11) is 1.48. The Morgan fingerprint density at radius 2 is 1.61 bits per heavy atom. The molecule has 9 heteroatoms. The Hall–Kier alpha value is -3.62. The first-order chi connectivity index (χ1) is 14.6. The van der Waals surface area contributed by atoms with Crippen LogP contribution in [-0.4, -0.2) is 30.4 Å². The maximum absolute atomic E-state index is 14.0. The minimum absolute atomic E-state index is 0.0224. The van der Waals surface area contributed by atoms with Crippen molar-refractivity contribution in [2.24, 2.45) is 5.92 Å². The molecule has 31 heavy (non-hydrogen) atoms. The zero-order valence-corrected chi connectivity index (χ0v) is 17.3. The van der Waals surface area contributed by atoms with E-state index in [1.54, 1.807) is 12.1 Å². The van der Waals surface area contributed by atoms with Gasteiger partial charge in [-0.1, -0.05) is 19.1 Å². The summed E-state index contributed by atoms with van der Waals surface area (Å²) in [6.45, 7) is 2.39. The number of hydrogen-bond acceptors (Lipinski definition) is 5. The van der Waals surface area contributed by atoms with Crippen molar-refractivity contribution in [1.82, 2.24) is 0 Å². The van der Waals surface area contributed by atoms with Crippen LogP contribution in [0.3, 0.4) is 0 Å². The number of hydrogen-bond donors (Lipinski definition) is 3. The Morgan fingerprint density at radius 3 is 2.13 bits per heavy atom. The van der Waals surface area contributed by atoms with Crippen LogP contribution in [0.5, 0.6) is 5.75 Å². The van der Waals surface area contributed by atoms with Gasteiger partial charge in [0.15, 0.2) is 11.7 Å². The second kappa shape index (κ2) is 9.92. The summed E-state index contributed by atoms with van der Waals surface area (Å²) in [4.78, 5) is 37.2. The molecule has 0 radical (unpaired) electrons. The fourth-order valence-electron chi connectivity index (χ4n) is 2.72. The van der Waals surface area contributed by atoms with E-state index in [0.717, 1.165) is 13.0 Å². The fourth-order valence-corrected chi connectivity index (χ4v) is 2.72. The number of anilines is 2. The van der Waals surface area contributed by atoms with Crippen LogP contribution in [0.2, 0.25) is 0 Å². The van der Waals surface area contributed by atoms with Crippen molar-refractivity contribution in [2.45, 2.75) is 26.2 Å². The molecule has 0 aliphatic heterocycles. The molecule has 0 saturated carbocycles. The van der Waals surface area contributed by atoms with E-state index in [0.29, 0.717) is 11.4 Å². The lowest BCUT2D eigenvalue weighted by atomic mass is 9.97. The number of rotatable bonds is 9. The summed E-state index contributed by atoms with van der Waals surface area (Å²) in [5.74, 6) is -6.96. The van der Waals surface area contributed by atoms with Crippen molar-refractivity contribution in [3.8, 4) is 5.75 Å². The van der Waals surface area contributed by atoms with Crippen LogP contribution in [0.1, 0.15) is 25.8 Å². The molecule has 0 spiro atoms. The number of carbonyl (C=O) groups excluding carboxylic acids is 3. The van der Waals surface area contributed by atoms with E-state index in [4.69, 9.17) is 10.1 Å². The fraction of sp³-hybridized carbons (Fsp3) is 0.273. The normalized spacial score (nSPS) is 11.9. The molecule has 1 unspecified atom stereocenters. The van der Waals surface area contributed by atoms with Crippen LogP contribution in [-0.2, 0) is 20.3 Å². The van der Waals surface area contributed by atoms with Gasteiger partial charge in [0.1, 0.15) is 5.75 Å². The highest BCUT2D eigenvalue weighted by Gasteiger charge is 2.34. The highest BCUT2D eigenvalue weighted by atomic mass is 19.3. The molecule has 0 bridgehead atoms. The number of ether oxygens (including phenoxy) is 1. The summed E-state index contributed by atoms with van der Waals surface area (Å²) in [6.07, 6.45) is -0.424. The average Bonchev–Trinajstić information content (AvgIpc) is 2.74. The van der Waals surface area contributed by atoms with Gasteiger partial charge in [0.05, 0.1) is 12.8 Å². The Bertz CT molecular complexity index is 991. The van der Waals surface area contributed by atoms with Gasteiger partial charge in [0, 0.05) is 30.3 Å². The molecular weight excluding hydrogens is 408 g/mol. The lowest BCUT2D eigenvalue weighted by Gasteiger charge is -2.18. The Kier molecular flexibility index (Phi) is 7.57. The summed E-state index contributed by atoms with van der Waals surface area (Å²) < 4.78 is 32.9. The first-order valence-corrected chi connectivity index (χ1v) is 9.42. The number of ketones is 1. The lowest BCUT2D eigenvalue weighted by Crippen LogP contribution is -2.41. The number of methoxy groups -OCH3 is 1. The second-order valence-corrected chi connectivity index (χ2v) is 6.75. The quantitative estimate of drug-likeness (QED) is 0.412. The number of nitrogens with one attached hydrogen (secondary N) is 3. The van der Waals surface area contributed by atoms with Crippen molar-refractivity contribution < 1.29 is 27.9 Å². The summed E-state index contributed by atoms with van der Waals surface area (Å²) in [5.41, 5.74) is -0.675. The van der Waals surface area contributed by atoms with Crippen molar-refractivity contribution in [3.63, 3.8) is 0 Å². The molecule has 0 aliphatic carbocycles. The third-order valence-electron chi connectivity index (χ3n) is 4.55. The van der Waals surface area contributed by atoms with Gasteiger partial charge in [-0.15, -0.1) is 0 Å². The highest BCUT2D eigenvalue weighted by Crippen LogP contribution is 2.32. The number of alkyl halides is 2. The van der Waals surface area contributed by atoms with E-state index in [9.17, 15) is 23.2 Å². The van der Waals surface area contributed by atoms with Crippen LogP contribution in [0.15, 0.2) is 48.5 Å². The van der Waals surface area contributed by atoms with Gasteiger partial charge < -0.3 is 20.8 Å². The Labute approximate surface area is 178 Å². The molecule has 2 aromatic rings. The average molecular weight is 431 g/mol. The highest BCUT2D eigenvalue weighted by molar-refractivity contribution is 6.47. The van der Waals surface area contributed by atoms with Gasteiger partial charge in [0.2, 0.25) is 11.8 Å². The van der Waals surface area contributed by atoms with Gasteiger partial charge in [-0.2, -0.15) is 0 Å². The smallest absolute Gasteiger partial charge is 0.273 e. The summed E-state index contributed by atoms with van der Waals surface area (Å²) in [5, 5.41) is 12.7. The van der Waals surface area contributed by atoms with Crippen molar-refractivity contribution in [1.29, 1.82) is 5.41 Å². The third-order valence-corrected chi connectivity index (χ3v) is 4.55. The molecule has 3 N–H and O–H groups in total. The molecule has 2 aromatic carbocycles. The minimum Gasteiger partial charge on any atom is -0.497 e. The largest absolute Gasteiger partial charge is 0.497 e. The van der Waals surface area contributed by atoms with E-state index in [-0.39, 0.29) is 11.3 Å². The monoisotopic (exact) mass is 431 g/mol. The second-order valence-electron chi connectivity index (χ2n) is 6.75. The predicted molar refractivity (Wildman–Crippen MR) is 113 cm³/mol. The molecular formula is C22H23F2N3O4. The van der Waals surface area contributed by atoms with Crippen LogP contribution in [0, 0.1) is 11.3 Å². The van der Waals surface area contributed by atoms with Gasteiger partial charge in [0.25, 0.3) is 5.92 Å². The molecule has 2 rings (SSSR count). The number of carbonyl (C=O) groups is 3. The Morgan fingerprint density at radius 1 is 1.03 bits per heavy atom. The lowest BCUT2D eigenvalue weighted by molar-refractivity contribution is -0.127. The predicted octanol–water partition coefficient (Wildman–Crippen LogP) is 4.00. The van der Waals surface area contributed by atoms with Gasteiger partial charge in [-0.25, -0.2) is 8.78 Å². The first kappa shape index (κ1) is 23.7. The van der Waals surface area contributed by atoms with E-state index in [1.165, 1.54) is 44.4 Å². The molecule has 0 fully saturated rings. The zero-order valence-electron chi connectivity index (χ0n) is 17.3. The third kappa shape index (κ3) is 5.94. The maximum atomic E-state index is 14.0. The van der Waals surface area contributed by atoms with E-state index < -0.39 is 41.6 Å². The topological polar surface area (TPSA) is 108 Å². The molecule has 1 atom stereocenters. The summed E-state index contributed by atoms with van der Waals surface area (Å²) >= 11 is 0. The standard InChI is InChI=1S/C22H23F2N3O4/c1-4-22(23,24)14-6-5-7-16(12-14)27-21(30)18(19(25)13(2)28)20(29)26-15-8-10-17(31-3)11-9-15/h5-12,18,25H,4H2,1-3H3,(H,26,29)(H,27,30). The van der Waals surface area contributed by atoms with Crippen LogP contribution in [0.25, 0.3) is 0 Å². The van der Waals surface area contributed by atoms with Gasteiger partial charge in [-0.05, 0) is 36.4 Å². The minimum atomic E-state index is -3.09. The van der Waals surface area contributed by atoms with Crippen LogP contribution in [0.4, 0.5) is 20.2 Å². The zero-order chi connectivity index (χ0) is 23.2. The molecule has 0 saturated heterocycles. The van der Waals surface area contributed by atoms with Crippen molar-refractivity contribution >= 4 is 34.7 Å². The van der Waals surface area contributed by atoms with Crippen molar-refractivity contribution in [3.05, 3.63) is 54.1 Å². The van der Waals surface area contributed by atoms with E-state index in [1.807, 2.05) is 0 Å². The molecule has 2 amide bonds. The molecule has 0 heterocycles. The van der Waals surface area contributed by atoms with E-state index >= 15 is 0 Å². The molecule has 0 aliphatic rings. The van der Waals surface area contributed by atoms with Crippen LogP contribution >= 0.6 is 0 Å². The number of amides is 2. The van der Waals surface area contributed by atoms with Gasteiger partial charge in [-0.3, -0.25) is 14.4 Å². The SMILES string of the molecule is CCC(F)(F)c1cccc(NC(=O)C(C(=N)C(C)=O)C(=O)Nc2ccc(OC)cc2)c1.